The van der Waals surface area contributed by atoms with Crippen LogP contribution in [0.25, 0.3) is 0 Å². The summed E-state index contributed by atoms with van der Waals surface area (Å²) in [7, 11) is 0. The van der Waals surface area contributed by atoms with E-state index in [4.69, 9.17) is 4.74 Å². The summed E-state index contributed by atoms with van der Waals surface area (Å²) in [4.78, 5) is 18.6. The maximum Gasteiger partial charge on any atom is 0.251 e. The van der Waals surface area contributed by atoms with Crippen LogP contribution in [-0.2, 0) is 6.42 Å². The molecule has 1 aliphatic rings. The SMILES string of the molecule is CCCc1ccc(N2CC(Oc3ccc([C@H](C)NC(=O)c4ccncc4)cc3)C2)cc1. The molecule has 2 aromatic carbocycles. The van der Waals surface area contributed by atoms with Crippen molar-refractivity contribution in [1.82, 2.24) is 10.3 Å². The Kier molecular flexibility index (Phi) is 6.51. The smallest absolute Gasteiger partial charge is 0.251 e. The van der Waals surface area contributed by atoms with E-state index in [1.807, 2.05) is 31.2 Å². The molecule has 1 fully saturated rings. The van der Waals surface area contributed by atoms with Crippen molar-refractivity contribution < 1.29 is 9.53 Å². The van der Waals surface area contributed by atoms with Crippen LogP contribution in [-0.4, -0.2) is 30.1 Å². The van der Waals surface area contributed by atoms with Crippen molar-refractivity contribution in [2.24, 2.45) is 0 Å². The molecular formula is C26H29N3O2. The number of rotatable bonds is 8. The van der Waals surface area contributed by atoms with E-state index in [1.54, 1.807) is 24.5 Å². The molecule has 1 aliphatic heterocycles. The minimum atomic E-state index is -0.104. The van der Waals surface area contributed by atoms with Gasteiger partial charge in [0.05, 0.1) is 19.1 Å². The lowest BCUT2D eigenvalue weighted by molar-refractivity contribution is 0.0940. The molecule has 5 nitrogen and oxygen atoms in total. The van der Waals surface area contributed by atoms with Crippen LogP contribution in [0.4, 0.5) is 5.69 Å². The molecule has 3 aromatic rings. The number of benzene rings is 2. The van der Waals surface area contributed by atoms with Gasteiger partial charge in [0.1, 0.15) is 11.9 Å². The zero-order valence-corrected chi connectivity index (χ0v) is 18.1. The molecule has 0 radical (unpaired) electrons. The maximum absolute atomic E-state index is 12.3. The molecule has 0 aliphatic carbocycles. The van der Waals surface area contributed by atoms with Crippen molar-refractivity contribution in [3.8, 4) is 5.75 Å². The number of anilines is 1. The van der Waals surface area contributed by atoms with E-state index in [2.05, 4.69) is 46.4 Å². The van der Waals surface area contributed by atoms with Crippen molar-refractivity contribution in [3.05, 3.63) is 89.7 Å². The van der Waals surface area contributed by atoms with Gasteiger partial charge >= 0.3 is 0 Å². The largest absolute Gasteiger partial charge is 0.487 e. The summed E-state index contributed by atoms with van der Waals surface area (Å²) in [5, 5.41) is 3.02. The molecule has 2 heterocycles. The van der Waals surface area contributed by atoms with Crippen LogP contribution in [0.1, 0.15) is 47.8 Å². The summed E-state index contributed by atoms with van der Waals surface area (Å²) in [6.07, 6.45) is 5.75. The number of pyridine rings is 1. The van der Waals surface area contributed by atoms with Crippen LogP contribution >= 0.6 is 0 Å². The number of aromatic nitrogens is 1. The third kappa shape index (κ3) is 5.23. The number of carbonyl (C=O) groups excluding carboxylic acids is 1. The van der Waals surface area contributed by atoms with Crippen molar-refractivity contribution >= 4 is 11.6 Å². The standard InChI is InChI=1S/C26H29N3O2/c1-3-4-20-5-9-23(10-6-20)29-17-25(18-29)31-24-11-7-21(8-12-24)19(2)28-26(30)22-13-15-27-16-14-22/h5-16,19,25H,3-4,17-18H2,1-2H3,(H,28,30)/t19-/m0/s1. The van der Waals surface area contributed by atoms with Crippen LogP contribution in [0.15, 0.2) is 73.1 Å². The second-order valence-corrected chi connectivity index (χ2v) is 8.06. The molecule has 1 atom stereocenters. The van der Waals surface area contributed by atoms with Crippen molar-refractivity contribution in [2.45, 2.75) is 38.8 Å². The molecule has 1 saturated heterocycles. The maximum atomic E-state index is 12.3. The number of nitrogens with one attached hydrogen (secondary N) is 1. The summed E-state index contributed by atoms with van der Waals surface area (Å²) < 4.78 is 6.11. The van der Waals surface area contributed by atoms with Crippen LogP contribution in [0.2, 0.25) is 0 Å². The van der Waals surface area contributed by atoms with Crippen LogP contribution in [0.5, 0.6) is 5.75 Å². The van der Waals surface area contributed by atoms with Crippen LogP contribution in [0.3, 0.4) is 0 Å². The summed E-state index contributed by atoms with van der Waals surface area (Å²) >= 11 is 0. The quantitative estimate of drug-likeness (QED) is 0.575. The van der Waals surface area contributed by atoms with Crippen molar-refractivity contribution in [2.75, 3.05) is 18.0 Å². The number of carbonyl (C=O) groups is 1. The van der Waals surface area contributed by atoms with E-state index in [1.165, 1.54) is 17.7 Å². The van der Waals surface area contributed by atoms with E-state index in [0.29, 0.717) is 5.56 Å². The third-order valence-corrected chi connectivity index (χ3v) is 5.66. The highest BCUT2D eigenvalue weighted by molar-refractivity contribution is 5.94. The van der Waals surface area contributed by atoms with E-state index in [-0.39, 0.29) is 18.1 Å². The predicted molar refractivity (Wildman–Crippen MR) is 124 cm³/mol. The molecule has 1 N–H and O–H groups in total. The lowest BCUT2D eigenvalue weighted by atomic mass is 10.1. The minimum absolute atomic E-state index is 0.0930. The molecule has 1 amide bonds. The number of ether oxygens (including phenoxy) is 1. The lowest BCUT2D eigenvalue weighted by Gasteiger charge is -2.40. The average Bonchev–Trinajstić information content (AvgIpc) is 2.78. The highest BCUT2D eigenvalue weighted by Gasteiger charge is 2.28. The molecule has 4 rings (SSSR count). The molecule has 1 aromatic heterocycles. The molecule has 0 spiro atoms. The highest BCUT2D eigenvalue weighted by Crippen LogP contribution is 2.26. The van der Waals surface area contributed by atoms with E-state index in [0.717, 1.165) is 30.8 Å². The van der Waals surface area contributed by atoms with Gasteiger partial charge in [-0.25, -0.2) is 0 Å². The Balaban J connectivity index is 1.26. The first-order chi connectivity index (χ1) is 15.1. The zero-order valence-electron chi connectivity index (χ0n) is 18.1. The number of amides is 1. The van der Waals surface area contributed by atoms with Gasteiger partial charge in [0, 0.05) is 23.6 Å². The molecule has 0 unspecified atom stereocenters. The van der Waals surface area contributed by atoms with E-state index < -0.39 is 0 Å². The highest BCUT2D eigenvalue weighted by atomic mass is 16.5. The number of hydrogen-bond acceptors (Lipinski definition) is 4. The second-order valence-electron chi connectivity index (χ2n) is 8.06. The van der Waals surface area contributed by atoms with Gasteiger partial charge in [0.2, 0.25) is 0 Å². The molecule has 0 saturated carbocycles. The first-order valence-electron chi connectivity index (χ1n) is 10.9. The summed E-state index contributed by atoms with van der Waals surface area (Å²) in [5.41, 5.74) is 4.30. The Hall–Kier alpha value is -3.34. The molecular weight excluding hydrogens is 386 g/mol. The van der Waals surface area contributed by atoms with Gasteiger partial charge in [0.25, 0.3) is 5.91 Å². The number of aryl methyl sites for hydroxylation is 1. The van der Waals surface area contributed by atoms with Gasteiger partial charge < -0.3 is 15.0 Å². The van der Waals surface area contributed by atoms with Gasteiger partial charge in [-0.2, -0.15) is 0 Å². The monoisotopic (exact) mass is 415 g/mol. The van der Waals surface area contributed by atoms with E-state index >= 15 is 0 Å². The molecule has 5 heteroatoms. The Bertz CT molecular complexity index is 981. The fourth-order valence-corrected chi connectivity index (χ4v) is 3.78. The second kappa shape index (κ2) is 9.65. The Morgan fingerprint density at radius 3 is 2.39 bits per heavy atom. The van der Waals surface area contributed by atoms with Crippen molar-refractivity contribution in [3.63, 3.8) is 0 Å². The van der Waals surface area contributed by atoms with Gasteiger partial charge in [-0.1, -0.05) is 37.6 Å². The van der Waals surface area contributed by atoms with Crippen molar-refractivity contribution in [1.29, 1.82) is 0 Å². The molecule has 160 valence electrons. The number of nitrogens with zero attached hydrogens (tertiary/aromatic N) is 2. The summed E-state index contributed by atoms with van der Waals surface area (Å²) in [6.45, 7) is 5.97. The topological polar surface area (TPSA) is 54.5 Å². The van der Waals surface area contributed by atoms with Gasteiger partial charge in [-0.3, -0.25) is 9.78 Å². The number of hydrogen-bond donors (Lipinski definition) is 1. The Morgan fingerprint density at radius 2 is 1.74 bits per heavy atom. The third-order valence-electron chi connectivity index (χ3n) is 5.66. The fourth-order valence-electron chi connectivity index (χ4n) is 3.78. The first kappa shape index (κ1) is 20.9. The van der Waals surface area contributed by atoms with Crippen LogP contribution < -0.4 is 15.0 Å². The fraction of sp³-hybridized carbons (Fsp3) is 0.308. The lowest BCUT2D eigenvalue weighted by Crippen LogP contribution is -2.54. The van der Waals surface area contributed by atoms with Gasteiger partial charge in [-0.05, 0) is 60.9 Å². The average molecular weight is 416 g/mol. The molecule has 0 bridgehead atoms. The Labute approximate surface area is 184 Å². The summed E-state index contributed by atoms with van der Waals surface area (Å²) in [6, 6.07) is 20.2. The Morgan fingerprint density at radius 1 is 1.06 bits per heavy atom. The predicted octanol–water partition coefficient (Wildman–Crippen LogP) is 4.79. The minimum Gasteiger partial charge on any atom is -0.487 e. The molecule has 31 heavy (non-hydrogen) atoms. The zero-order chi connectivity index (χ0) is 21.6. The first-order valence-corrected chi connectivity index (χ1v) is 10.9. The normalized spacial score (nSPS) is 14.6. The van der Waals surface area contributed by atoms with Crippen LogP contribution in [0, 0.1) is 0 Å². The summed E-state index contributed by atoms with van der Waals surface area (Å²) in [5.74, 6) is 0.756. The van der Waals surface area contributed by atoms with Gasteiger partial charge in [-0.15, -0.1) is 0 Å². The van der Waals surface area contributed by atoms with Gasteiger partial charge in [0.15, 0.2) is 0 Å². The van der Waals surface area contributed by atoms with E-state index in [9.17, 15) is 4.79 Å².